The highest BCUT2D eigenvalue weighted by Crippen LogP contribution is 2.25. The molecule has 5 heteroatoms. The minimum Gasteiger partial charge on any atom is -0.459 e. The van der Waals surface area contributed by atoms with Crippen LogP contribution in [0.5, 0.6) is 0 Å². The van der Waals surface area contributed by atoms with E-state index >= 15 is 0 Å². The Morgan fingerprint density at radius 3 is 2.40 bits per heavy atom. The Morgan fingerprint density at radius 2 is 1.67 bits per heavy atom. The highest BCUT2D eigenvalue weighted by atomic mass is 16.3. The zero-order valence-corrected chi connectivity index (χ0v) is 16.9. The Labute approximate surface area is 176 Å². The van der Waals surface area contributed by atoms with Crippen LogP contribution in [0.2, 0.25) is 0 Å². The molecule has 1 N–H and O–H groups in total. The maximum Gasteiger partial charge on any atom is 0.291 e. The second-order valence-electron chi connectivity index (χ2n) is 7.74. The van der Waals surface area contributed by atoms with Crippen molar-refractivity contribution in [2.75, 3.05) is 18.4 Å². The highest BCUT2D eigenvalue weighted by molar-refractivity contribution is 6.07. The molecule has 1 fully saturated rings. The zero-order valence-electron chi connectivity index (χ0n) is 16.9. The van der Waals surface area contributed by atoms with E-state index in [-0.39, 0.29) is 17.6 Å². The lowest BCUT2D eigenvalue weighted by molar-refractivity contribution is 0.0688. The summed E-state index contributed by atoms with van der Waals surface area (Å²) in [5, 5.41) is 2.80. The largest absolute Gasteiger partial charge is 0.459 e. The van der Waals surface area contributed by atoms with Gasteiger partial charge in [0, 0.05) is 13.1 Å². The van der Waals surface area contributed by atoms with Crippen LogP contribution in [0, 0.1) is 5.92 Å². The van der Waals surface area contributed by atoms with Crippen LogP contribution in [0.4, 0.5) is 5.69 Å². The maximum absolute atomic E-state index is 13.1. The lowest BCUT2D eigenvalue weighted by Crippen LogP contribution is -2.39. The number of para-hydroxylation sites is 1. The summed E-state index contributed by atoms with van der Waals surface area (Å²) in [6, 6.07) is 21.0. The molecule has 5 nitrogen and oxygen atoms in total. The Kier molecular flexibility index (Phi) is 6.28. The minimum absolute atomic E-state index is 0.0353. The van der Waals surface area contributed by atoms with Gasteiger partial charge >= 0.3 is 0 Å². The molecule has 4 rings (SSSR count). The molecule has 0 atom stereocenters. The van der Waals surface area contributed by atoms with Crippen molar-refractivity contribution in [2.45, 2.75) is 25.7 Å². The Balaban J connectivity index is 1.34. The van der Waals surface area contributed by atoms with E-state index in [0.29, 0.717) is 17.2 Å². The first kappa shape index (κ1) is 20.0. The van der Waals surface area contributed by atoms with Crippen molar-refractivity contribution in [1.82, 2.24) is 4.90 Å². The van der Waals surface area contributed by atoms with Gasteiger partial charge in [0.25, 0.3) is 11.8 Å². The van der Waals surface area contributed by atoms with Crippen LogP contribution < -0.4 is 5.32 Å². The third kappa shape index (κ3) is 4.79. The van der Waals surface area contributed by atoms with E-state index in [9.17, 15) is 9.59 Å². The molecular formula is C25H26N2O3. The summed E-state index contributed by atoms with van der Waals surface area (Å²) in [6.07, 6.45) is 5.72. The third-order valence-corrected chi connectivity index (χ3v) is 5.74. The number of rotatable bonds is 6. The molecular weight excluding hydrogens is 376 g/mol. The van der Waals surface area contributed by atoms with E-state index in [0.717, 1.165) is 38.8 Å². The molecule has 3 aromatic rings. The molecule has 1 aliphatic rings. The molecule has 0 bridgehead atoms. The average molecular weight is 402 g/mol. The number of likely N-dealkylation sites (tertiary alicyclic amines) is 1. The third-order valence-electron chi connectivity index (χ3n) is 5.74. The van der Waals surface area contributed by atoms with Gasteiger partial charge in [0.2, 0.25) is 0 Å². The van der Waals surface area contributed by atoms with Crippen LogP contribution >= 0.6 is 0 Å². The lowest BCUT2D eigenvalue weighted by Gasteiger charge is -2.32. The molecule has 0 aliphatic carbocycles. The molecule has 2 amide bonds. The molecule has 0 spiro atoms. The van der Waals surface area contributed by atoms with E-state index in [1.54, 1.807) is 24.3 Å². The van der Waals surface area contributed by atoms with Crippen LogP contribution in [0.1, 0.15) is 45.7 Å². The standard InChI is InChI=1S/C25H26N2O3/c28-24(23-11-6-18-30-23)26-22-10-5-4-9-21(22)25(29)27-16-14-20(15-17-27)13-12-19-7-2-1-3-8-19/h1-11,18,20H,12-17H2,(H,26,28). The van der Waals surface area contributed by atoms with Crippen molar-refractivity contribution in [3.8, 4) is 0 Å². The second kappa shape index (κ2) is 9.44. The molecule has 0 saturated carbocycles. The predicted molar refractivity (Wildman–Crippen MR) is 116 cm³/mol. The first-order valence-corrected chi connectivity index (χ1v) is 10.5. The molecule has 2 aromatic carbocycles. The number of nitrogens with zero attached hydrogens (tertiary/aromatic N) is 1. The van der Waals surface area contributed by atoms with Gasteiger partial charge in [-0.3, -0.25) is 9.59 Å². The predicted octanol–water partition coefficient (Wildman–Crippen LogP) is 5.02. The van der Waals surface area contributed by atoms with Gasteiger partial charge in [0.1, 0.15) is 0 Å². The van der Waals surface area contributed by atoms with Crippen LogP contribution in [-0.4, -0.2) is 29.8 Å². The summed E-state index contributed by atoms with van der Waals surface area (Å²) in [6.45, 7) is 1.50. The van der Waals surface area contributed by atoms with Crippen molar-refractivity contribution in [1.29, 1.82) is 0 Å². The monoisotopic (exact) mass is 402 g/mol. The van der Waals surface area contributed by atoms with Gasteiger partial charge in [-0.05, 0) is 61.4 Å². The van der Waals surface area contributed by atoms with E-state index < -0.39 is 0 Å². The van der Waals surface area contributed by atoms with Gasteiger partial charge < -0.3 is 14.6 Å². The first-order chi connectivity index (χ1) is 14.7. The first-order valence-electron chi connectivity index (χ1n) is 10.5. The van der Waals surface area contributed by atoms with Crippen LogP contribution in [0.25, 0.3) is 0 Å². The summed E-state index contributed by atoms with van der Waals surface area (Å²) in [5.74, 6) is 0.464. The summed E-state index contributed by atoms with van der Waals surface area (Å²) in [4.78, 5) is 27.4. The summed E-state index contributed by atoms with van der Waals surface area (Å²) in [7, 11) is 0. The van der Waals surface area contributed by atoms with Crippen LogP contribution in [0.15, 0.2) is 77.4 Å². The number of hydrogen-bond acceptors (Lipinski definition) is 3. The van der Waals surface area contributed by atoms with Crippen molar-refractivity contribution in [2.24, 2.45) is 5.92 Å². The summed E-state index contributed by atoms with van der Waals surface area (Å²) in [5.41, 5.74) is 2.40. The Bertz CT molecular complexity index is 975. The summed E-state index contributed by atoms with van der Waals surface area (Å²) >= 11 is 0. The van der Waals surface area contributed by atoms with Crippen molar-refractivity contribution >= 4 is 17.5 Å². The smallest absolute Gasteiger partial charge is 0.291 e. The zero-order chi connectivity index (χ0) is 20.8. The van der Waals surface area contributed by atoms with Gasteiger partial charge in [-0.25, -0.2) is 0 Å². The molecule has 0 radical (unpaired) electrons. The van der Waals surface area contributed by atoms with E-state index in [4.69, 9.17) is 4.42 Å². The molecule has 1 aliphatic heterocycles. The van der Waals surface area contributed by atoms with E-state index in [1.807, 2.05) is 23.1 Å². The van der Waals surface area contributed by atoms with Crippen molar-refractivity contribution in [3.63, 3.8) is 0 Å². The molecule has 154 valence electrons. The van der Waals surface area contributed by atoms with Gasteiger partial charge in [-0.15, -0.1) is 0 Å². The molecule has 30 heavy (non-hydrogen) atoms. The number of nitrogens with one attached hydrogen (secondary N) is 1. The van der Waals surface area contributed by atoms with Gasteiger partial charge in [-0.2, -0.15) is 0 Å². The fourth-order valence-corrected chi connectivity index (χ4v) is 3.98. The molecule has 1 aromatic heterocycles. The molecule has 1 saturated heterocycles. The van der Waals surface area contributed by atoms with Crippen molar-refractivity contribution in [3.05, 3.63) is 89.9 Å². The quantitative estimate of drug-likeness (QED) is 0.630. The number of amides is 2. The Hall–Kier alpha value is -3.34. The van der Waals surface area contributed by atoms with E-state index in [2.05, 4.69) is 29.6 Å². The fraction of sp³-hybridized carbons (Fsp3) is 0.280. The van der Waals surface area contributed by atoms with Crippen LogP contribution in [0.3, 0.4) is 0 Å². The number of aryl methyl sites for hydroxylation is 1. The Morgan fingerprint density at radius 1 is 0.933 bits per heavy atom. The highest BCUT2D eigenvalue weighted by Gasteiger charge is 2.25. The van der Waals surface area contributed by atoms with E-state index in [1.165, 1.54) is 11.8 Å². The SMILES string of the molecule is O=C(Nc1ccccc1C(=O)N1CCC(CCc2ccccc2)CC1)c1ccco1. The number of furan rings is 1. The second-order valence-corrected chi connectivity index (χ2v) is 7.74. The van der Waals surface area contributed by atoms with Gasteiger partial charge in [0.15, 0.2) is 5.76 Å². The number of hydrogen-bond donors (Lipinski definition) is 1. The number of benzene rings is 2. The van der Waals surface area contributed by atoms with Crippen LogP contribution in [-0.2, 0) is 6.42 Å². The maximum atomic E-state index is 13.1. The topological polar surface area (TPSA) is 62.6 Å². The number of carbonyl (C=O) groups is 2. The fourth-order valence-electron chi connectivity index (χ4n) is 3.98. The molecule has 2 heterocycles. The number of anilines is 1. The van der Waals surface area contributed by atoms with Gasteiger partial charge in [-0.1, -0.05) is 42.5 Å². The number of carbonyl (C=O) groups excluding carboxylic acids is 2. The summed E-state index contributed by atoms with van der Waals surface area (Å²) < 4.78 is 5.14. The molecule has 0 unspecified atom stereocenters. The van der Waals surface area contributed by atoms with Gasteiger partial charge in [0.05, 0.1) is 17.5 Å². The average Bonchev–Trinajstić information content (AvgIpc) is 3.34. The normalized spacial score (nSPS) is 14.5. The lowest BCUT2D eigenvalue weighted by atomic mass is 9.90. The minimum atomic E-state index is -0.361. The number of piperidine rings is 1. The van der Waals surface area contributed by atoms with Crippen molar-refractivity contribution < 1.29 is 14.0 Å².